The van der Waals surface area contributed by atoms with Crippen molar-refractivity contribution in [1.29, 1.82) is 0 Å². The number of nitrogens with one attached hydrogen (secondary N) is 1. The van der Waals surface area contributed by atoms with E-state index < -0.39 is 17.4 Å². The summed E-state index contributed by atoms with van der Waals surface area (Å²) < 4.78 is 0. The first-order valence-corrected chi connectivity index (χ1v) is 5.74. The van der Waals surface area contributed by atoms with Crippen LogP contribution < -0.4 is 5.32 Å². The van der Waals surface area contributed by atoms with Crippen LogP contribution in [-0.2, 0) is 9.59 Å². The molecule has 2 saturated carbocycles. The molecular weight excluding hydrogens is 210 g/mol. The Kier molecular flexibility index (Phi) is 2.88. The molecule has 0 aromatic heterocycles. The smallest absolute Gasteiger partial charge is 0.307 e. The third-order valence-corrected chi connectivity index (χ3v) is 3.70. The Balaban J connectivity index is 1.90. The van der Waals surface area contributed by atoms with Crippen molar-refractivity contribution in [1.82, 2.24) is 5.32 Å². The first kappa shape index (κ1) is 11.4. The van der Waals surface area contributed by atoms with Gasteiger partial charge >= 0.3 is 5.97 Å². The Morgan fingerprint density at radius 1 is 1.25 bits per heavy atom. The standard InChI is InChI=1S/C11H17NO4/c13-6-11(3-1-2-4-11)12-9(14)7-5-8(7)10(15)16/h7-8,13H,1-6H2,(H,12,14)(H,15,16). The molecule has 1 amide bonds. The second-order valence-corrected chi connectivity index (χ2v) is 4.92. The van der Waals surface area contributed by atoms with Gasteiger partial charge in [0.05, 0.1) is 24.0 Å². The molecule has 0 radical (unpaired) electrons. The summed E-state index contributed by atoms with van der Waals surface area (Å²) >= 11 is 0. The molecule has 0 heterocycles. The molecule has 0 aliphatic heterocycles. The van der Waals surface area contributed by atoms with Crippen molar-refractivity contribution in [3.63, 3.8) is 0 Å². The molecule has 2 rings (SSSR count). The molecule has 5 heteroatoms. The lowest BCUT2D eigenvalue weighted by Crippen LogP contribution is -2.50. The average molecular weight is 227 g/mol. The molecule has 0 aromatic carbocycles. The summed E-state index contributed by atoms with van der Waals surface area (Å²) in [6.45, 7) is -0.0524. The van der Waals surface area contributed by atoms with Crippen LogP contribution in [0, 0.1) is 11.8 Å². The molecule has 0 spiro atoms. The highest BCUT2D eigenvalue weighted by Gasteiger charge is 2.50. The maximum Gasteiger partial charge on any atom is 0.307 e. The molecule has 2 unspecified atom stereocenters. The highest BCUT2D eigenvalue weighted by Crippen LogP contribution is 2.40. The van der Waals surface area contributed by atoms with Crippen LogP contribution >= 0.6 is 0 Å². The number of hydrogen-bond donors (Lipinski definition) is 3. The van der Waals surface area contributed by atoms with Crippen molar-refractivity contribution in [2.45, 2.75) is 37.6 Å². The second-order valence-electron chi connectivity index (χ2n) is 4.92. The Labute approximate surface area is 93.8 Å². The van der Waals surface area contributed by atoms with E-state index in [2.05, 4.69) is 5.32 Å². The van der Waals surface area contributed by atoms with Gasteiger partial charge in [0.1, 0.15) is 0 Å². The number of aliphatic hydroxyl groups is 1. The third kappa shape index (κ3) is 2.04. The normalized spacial score (nSPS) is 31.1. The fourth-order valence-corrected chi connectivity index (χ4v) is 2.49. The van der Waals surface area contributed by atoms with Gasteiger partial charge in [-0.05, 0) is 19.3 Å². The Bertz CT molecular complexity index is 309. The highest BCUT2D eigenvalue weighted by atomic mass is 16.4. The van der Waals surface area contributed by atoms with Crippen LogP contribution in [0.15, 0.2) is 0 Å². The number of rotatable bonds is 4. The number of carbonyl (C=O) groups excluding carboxylic acids is 1. The molecule has 0 bridgehead atoms. The molecule has 2 aliphatic rings. The number of carboxylic acids is 1. The lowest BCUT2D eigenvalue weighted by atomic mass is 9.98. The van der Waals surface area contributed by atoms with Crippen LogP contribution in [0.3, 0.4) is 0 Å². The van der Waals surface area contributed by atoms with Gasteiger partial charge < -0.3 is 15.5 Å². The number of carbonyl (C=O) groups is 2. The van der Waals surface area contributed by atoms with Crippen LogP contribution in [0.5, 0.6) is 0 Å². The summed E-state index contributed by atoms with van der Waals surface area (Å²) in [6, 6.07) is 0. The van der Waals surface area contributed by atoms with Gasteiger partial charge in [-0.3, -0.25) is 9.59 Å². The topological polar surface area (TPSA) is 86.6 Å². The largest absolute Gasteiger partial charge is 0.481 e. The van der Waals surface area contributed by atoms with E-state index in [0.29, 0.717) is 6.42 Å². The molecule has 0 saturated heterocycles. The second kappa shape index (κ2) is 4.05. The van der Waals surface area contributed by atoms with Gasteiger partial charge in [-0.25, -0.2) is 0 Å². The van der Waals surface area contributed by atoms with Gasteiger partial charge in [-0.15, -0.1) is 0 Å². The van der Waals surface area contributed by atoms with E-state index in [4.69, 9.17) is 5.11 Å². The predicted molar refractivity (Wildman–Crippen MR) is 55.7 cm³/mol. The van der Waals surface area contributed by atoms with Crippen LogP contribution in [0.4, 0.5) is 0 Å². The fraction of sp³-hybridized carbons (Fsp3) is 0.818. The fourth-order valence-electron chi connectivity index (χ4n) is 2.49. The molecule has 2 aliphatic carbocycles. The first-order valence-electron chi connectivity index (χ1n) is 5.74. The molecule has 16 heavy (non-hydrogen) atoms. The summed E-state index contributed by atoms with van der Waals surface area (Å²) in [7, 11) is 0. The summed E-state index contributed by atoms with van der Waals surface area (Å²) in [5, 5.41) is 20.9. The Morgan fingerprint density at radius 2 is 1.88 bits per heavy atom. The molecule has 2 fully saturated rings. The summed E-state index contributed by atoms with van der Waals surface area (Å²) in [5.74, 6) is -2.01. The zero-order chi connectivity index (χ0) is 11.8. The van der Waals surface area contributed by atoms with E-state index in [-0.39, 0.29) is 18.4 Å². The predicted octanol–water partition coefficient (Wildman–Crippen LogP) is 0.128. The van der Waals surface area contributed by atoms with Gasteiger partial charge in [0, 0.05) is 0 Å². The van der Waals surface area contributed by atoms with E-state index in [0.717, 1.165) is 25.7 Å². The number of amides is 1. The van der Waals surface area contributed by atoms with E-state index in [9.17, 15) is 14.7 Å². The first-order chi connectivity index (χ1) is 7.58. The minimum atomic E-state index is -0.898. The van der Waals surface area contributed by atoms with Gasteiger partial charge in [-0.2, -0.15) is 0 Å². The van der Waals surface area contributed by atoms with Crippen molar-refractivity contribution in [2.75, 3.05) is 6.61 Å². The van der Waals surface area contributed by atoms with Crippen LogP contribution in [0.1, 0.15) is 32.1 Å². The third-order valence-electron chi connectivity index (χ3n) is 3.70. The number of aliphatic hydroxyl groups excluding tert-OH is 1. The lowest BCUT2D eigenvalue weighted by Gasteiger charge is -2.28. The lowest BCUT2D eigenvalue weighted by molar-refractivity contribution is -0.140. The van der Waals surface area contributed by atoms with Crippen LogP contribution in [0.25, 0.3) is 0 Å². The zero-order valence-corrected chi connectivity index (χ0v) is 9.11. The quantitative estimate of drug-likeness (QED) is 0.637. The molecule has 3 N–H and O–H groups in total. The van der Waals surface area contributed by atoms with E-state index in [1.807, 2.05) is 0 Å². The average Bonchev–Trinajstić information content (AvgIpc) is 2.94. The van der Waals surface area contributed by atoms with Crippen LogP contribution in [0.2, 0.25) is 0 Å². The van der Waals surface area contributed by atoms with Crippen molar-refractivity contribution in [2.24, 2.45) is 11.8 Å². The molecular formula is C11H17NO4. The summed E-state index contributed by atoms with van der Waals surface area (Å²) in [6.07, 6.45) is 4.03. The van der Waals surface area contributed by atoms with Gasteiger partial charge in [0.25, 0.3) is 0 Å². The van der Waals surface area contributed by atoms with Crippen molar-refractivity contribution < 1.29 is 19.8 Å². The Hall–Kier alpha value is -1.10. The van der Waals surface area contributed by atoms with Gasteiger partial charge in [0.15, 0.2) is 0 Å². The van der Waals surface area contributed by atoms with Crippen molar-refractivity contribution in [3.8, 4) is 0 Å². The number of aliphatic carboxylic acids is 1. The zero-order valence-electron chi connectivity index (χ0n) is 9.11. The molecule has 90 valence electrons. The maximum absolute atomic E-state index is 11.8. The number of hydrogen-bond acceptors (Lipinski definition) is 3. The van der Waals surface area contributed by atoms with Gasteiger partial charge in [0.2, 0.25) is 5.91 Å². The highest BCUT2D eigenvalue weighted by molar-refractivity contribution is 5.89. The summed E-state index contributed by atoms with van der Waals surface area (Å²) in [5.41, 5.74) is -0.483. The van der Waals surface area contributed by atoms with E-state index in [1.54, 1.807) is 0 Å². The SMILES string of the molecule is O=C(O)C1CC1C(=O)NC1(CO)CCCC1. The minimum Gasteiger partial charge on any atom is -0.481 e. The Morgan fingerprint density at radius 3 is 2.31 bits per heavy atom. The van der Waals surface area contributed by atoms with Crippen LogP contribution in [-0.4, -0.2) is 34.2 Å². The van der Waals surface area contributed by atoms with Crippen molar-refractivity contribution >= 4 is 11.9 Å². The summed E-state index contributed by atoms with van der Waals surface area (Å²) in [4.78, 5) is 22.4. The number of carboxylic acid groups (broad SMARTS) is 1. The van der Waals surface area contributed by atoms with Gasteiger partial charge in [-0.1, -0.05) is 12.8 Å². The van der Waals surface area contributed by atoms with Crippen molar-refractivity contribution in [3.05, 3.63) is 0 Å². The molecule has 2 atom stereocenters. The van der Waals surface area contributed by atoms with E-state index >= 15 is 0 Å². The monoisotopic (exact) mass is 227 g/mol. The maximum atomic E-state index is 11.8. The minimum absolute atomic E-state index is 0.0524. The molecule has 5 nitrogen and oxygen atoms in total. The van der Waals surface area contributed by atoms with E-state index in [1.165, 1.54) is 0 Å². The molecule has 0 aromatic rings.